The number of nitrogens with zero attached hydrogens (tertiary/aromatic N) is 8. The Morgan fingerprint density at radius 2 is 2.12 bits per heavy atom. The van der Waals surface area contributed by atoms with E-state index in [1.54, 1.807) is 28.1 Å². The number of carbonyl (C=O) groups is 1. The van der Waals surface area contributed by atoms with Gasteiger partial charge in [-0.2, -0.15) is 10.2 Å². The molecule has 1 saturated heterocycles. The van der Waals surface area contributed by atoms with Crippen LogP contribution in [-0.4, -0.2) is 53.5 Å². The third kappa shape index (κ3) is 3.39. The Hall–Kier alpha value is -3.30. The fourth-order valence-electron chi connectivity index (χ4n) is 3.09. The fraction of sp³-hybridized carbons (Fsp3) is 0.375. The molecule has 0 saturated carbocycles. The van der Waals surface area contributed by atoms with Crippen LogP contribution in [0.5, 0.6) is 0 Å². The number of hydrogen-bond donors (Lipinski definition) is 1. The summed E-state index contributed by atoms with van der Waals surface area (Å²) < 4.78 is 3.25. The van der Waals surface area contributed by atoms with Gasteiger partial charge < -0.3 is 10.2 Å². The summed E-state index contributed by atoms with van der Waals surface area (Å²) in [5.74, 6) is 1.33. The second kappa shape index (κ2) is 6.90. The van der Waals surface area contributed by atoms with Crippen molar-refractivity contribution in [3.05, 3.63) is 37.4 Å². The average Bonchev–Trinajstić information content (AvgIpc) is 3.34. The summed E-state index contributed by atoms with van der Waals surface area (Å²) in [6.45, 7) is 1.46. The lowest BCUT2D eigenvalue weighted by Crippen LogP contribution is -2.41. The maximum atomic E-state index is 12.6. The van der Waals surface area contributed by atoms with Crippen molar-refractivity contribution in [3.63, 3.8) is 0 Å². The Morgan fingerprint density at radius 1 is 1.23 bits per heavy atom. The minimum Gasteiger partial charge on any atom is -0.356 e. The van der Waals surface area contributed by atoms with Crippen LogP contribution in [0.15, 0.2) is 37.4 Å². The Morgan fingerprint density at radius 3 is 2.88 bits per heavy atom. The molecule has 0 spiro atoms. The largest absolute Gasteiger partial charge is 0.356 e. The smallest absolute Gasteiger partial charge is 0.229 e. The van der Waals surface area contributed by atoms with Crippen molar-refractivity contribution < 1.29 is 4.79 Å². The first-order valence-electron chi connectivity index (χ1n) is 8.40. The molecule has 4 rings (SSSR count). The summed E-state index contributed by atoms with van der Waals surface area (Å²) in [6, 6.07) is 1.86. The number of amides is 1. The highest BCUT2D eigenvalue weighted by Gasteiger charge is 2.27. The van der Waals surface area contributed by atoms with Gasteiger partial charge in [0, 0.05) is 32.4 Å². The lowest BCUT2D eigenvalue weighted by atomic mass is 9.97. The van der Waals surface area contributed by atoms with Crippen molar-refractivity contribution in [3.8, 4) is 5.82 Å². The van der Waals surface area contributed by atoms with E-state index in [1.165, 1.54) is 12.7 Å². The van der Waals surface area contributed by atoms with Crippen LogP contribution in [-0.2, 0) is 11.8 Å². The van der Waals surface area contributed by atoms with Crippen molar-refractivity contribution in [2.45, 2.75) is 12.8 Å². The van der Waals surface area contributed by atoms with Crippen molar-refractivity contribution >= 4 is 17.4 Å². The molecule has 10 heteroatoms. The highest BCUT2D eigenvalue weighted by molar-refractivity contribution is 5.92. The Labute approximate surface area is 149 Å². The SMILES string of the molecule is Cn1cc(NC(=O)C2CCCN(c3cc(-n4cncn4)ncn3)C2)cn1. The molecule has 0 aliphatic carbocycles. The first kappa shape index (κ1) is 16.2. The number of aromatic nitrogens is 7. The van der Waals surface area contributed by atoms with Gasteiger partial charge in [-0.1, -0.05) is 0 Å². The van der Waals surface area contributed by atoms with E-state index in [0.29, 0.717) is 18.1 Å². The van der Waals surface area contributed by atoms with Crippen molar-refractivity contribution in [2.75, 3.05) is 23.3 Å². The molecular formula is C16H19N9O. The number of hydrogen-bond acceptors (Lipinski definition) is 7. The number of piperidine rings is 1. The molecule has 1 aliphatic rings. The molecule has 1 aliphatic heterocycles. The summed E-state index contributed by atoms with van der Waals surface area (Å²) in [4.78, 5) is 27.2. The Bertz CT molecular complexity index is 889. The molecule has 1 fully saturated rings. The average molecular weight is 353 g/mol. The lowest BCUT2D eigenvalue weighted by Gasteiger charge is -2.32. The zero-order valence-electron chi connectivity index (χ0n) is 14.4. The summed E-state index contributed by atoms with van der Waals surface area (Å²) in [5.41, 5.74) is 0.713. The molecule has 10 nitrogen and oxygen atoms in total. The van der Waals surface area contributed by atoms with Crippen LogP contribution in [0.2, 0.25) is 0 Å². The Kier molecular flexibility index (Phi) is 4.30. The predicted octanol–water partition coefficient (Wildman–Crippen LogP) is 0.646. The molecule has 1 atom stereocenters. The van der Waals surface area contributed by atoms with E-state index in [9.17, 15) is 4.79 Å². The monoisotopic (exact) mass is 353 g/mol. The molecule has 0 aromatic carbocycles. The van der Waals surface area contributed by atoms with Gasteiger partial charge >= 0.3 is 0 Å². The van der Waals surface area contributed by atoms with Crippen LogP contribution in [0, 0.1) is 5.92 Å². The zero-order chi connectivity index (χ0) is 17.9. The minimum absolute atomic E-state index is 0.00764. The number of nitrogens with one attached hydrogen (secondary N) is 1. The van der Waals surface area contributed by atoms with Gasteiger partial charge in [-0.25, -0.2) is 19.6 Å². The first-order valence-corrected chi connectivity index (χ1v) is 8.40. The quantitative estimate of drug-likeness (QED) is 0.734. The summed E-state index contributed by atoms with van der Waals surface area (Å²) in [5, 5.41) is 11.1. The van der Waals surface area contributed by atoms with E-state index in [0.717, 1.165) is 25.2 Å². The molecule has 1 N–H and O–H groups in total. The lowest BCUT2D eigenvalue weighted by molar-refractivity contribution is -0.120. The molecular weight excluding hydrogens is 334 g/mol. The van der Waals surface area contributed by atoms with E-state index in [4.69, 9.17) is 0 Å². The van der Waals surface area contributed by atoms with Crippen molar-refractivity contribution in [1.29, 1.82) is 0 Å². The molecule has 3 aromatic heterocycles. The zero-order valence-corrected chi connectivity index (χ0v) is 14.4. The molecule has 1 amide bonds. The number of carbonyl (C=O) groups excluding carboxylic acids is 1. The van der Waals surface area contributed by atoms with Gasteiger partial charge in [0.25, 0.3) is 0 Å². The van der Waals surface area contributed by atoms with Gasteiger partial charge in [0.15, 0.2) is 5.82 Å². The van der Waals surface area contributed by atoms with Gasteiger partial charge in [-0.05, 0) is 12.8 Å². The molecule has 4 heterocycles. The van der Waals surface area contributed by atoms with Crippen LogP contribution < -0.4 is 10.2 Å². The first-order chi connectivity index (χ1) is 12.7. The third-order valence-corrected chi connectivity index (χ3v) is 4.38. The summed E-state index contributed by atoms with van der Waals surface area (Å²) in [6.07, 6.45) is 9.76. The van der Waals surface area contributed by atoms with E-state index in [2.05, 4.69) is 35.4 Å². The van der Waals surface area contributed by atoms with Crippen molar-refractivity contribution in [1.82, 2.24) is 34.5 Å². The predicted molar refractivity (Wildman–Crippen MR) is 93.7 cm³/mol. The van der Waals surface area contributed by atoms with E-state index in [-0.39, 0.29) is 11.8 Å². The van der Waals surface area contributed by atoms with E-state index < -0.39 is 0 Å². The van der Waals surface area contributed by atoms with Crippen LogP contribution >= 0.6 is 0 Å². The minimum atomic E-state index is -0.103. The molecule has 134 valence electrons. The number of rotatable bonds is 4. The molecule has 0 radical (unpaired) electrons. The molecule has 26 heavy (non-hydrogen) atoms. The van der Waals surface area contributed by atoms with Crippen LogP contribution in [0.25, 0.3) is 5.82 Å². The van der Waals surface area contributed by atoms with Crippen LogP contribution in [0.3, 0.4) is 0 Å². The topological polar surface area (TPSA) is 107 Å². The normalized spacial score (nSPS) is 17.3. The van der Waals surface area contributed by atoms with Gasteiger partial charge in [-0.3, -0.25) is 9.48 Å². The van der Waals surface area contributed by atoms with Gasteiger partial charge in [-0.15, -0.1) is 0 Å². The third-order valence-electron chi connectivity index (χ3n) is 4.38. The van der Waals surface area contributed by atoms with Crippen molar-refractivity contribution in [2.24, 2.45) is 13.0 Å². The summed E-state index contributed by atoms with van der Waals surface area (Å²) in [7, 11) is 1.82. The number of anilines is 2. The maximum Gasteiger partial charge on any atom is 0.229 e. The second-order valence-corrected chi connectivity index (χ2v) is 6.25. The maximum absolute atomic E-state index is 12.6. The van der Waals surface area contributed by atoms with Crippen LogP contribution in [0.4, 0.5) is 11.5 Å². The van der Waals surface area contributed by atoms with Gasteiger partial charge in [0.2, 0.25) is 5.91 Å². The number of aryl methyl sites for hydroxylation is 1. The standard InChI is InChI=1S/C16H19N9O/c1-23-8-13(6-20-23)22-16(26)12-3-2-4-24(7-12)14-5-15(19-10-18-14)25-11-17-9-21-25/h5-6,8-12H,2-4,7H2,1H3,(H,22,26). The molecule has 1 unspecified atom stereocenters. The Balaban J connectivity index is 1.46. The van der Waals surface area contributed by atoms with Crippen LogP contribution in [0.1, 0.15) is 12.8 Å². The fourth-order valence-corrected chi connectivity index (χ4v) is 3.09. The molecule has 0 bridgehead atoms. The molecule has 3 aromatic rings. The van der Waals surface area contributed by atoms with E-state index >= 15 is 0 Å². The second-order valence-electron chi connectivity index (χ2n) is 6.25. The van der Waals surface area contributed by atoms with E-state index in [1.807, 2.05) is 13.1 Å². The van der Waals surface area contributed by atoms with Gasteiger partial charge in [0.1, 0.15) is 24.8 Å². The highest BCUT2D eigenvalue weighted by atomic mass is 16.1. The highest BCUT2D eigenvalue weighted by Crippen LogP contribution is 2.23. The summed E-state index contributed by atoms with van der Waals surface area (Å²) >= 11 is 0. The van der Waals surface area contributed by atoms with Gasteiger partial charge in [0.05, 0.1) is 17.8 Å².